The molecule has 0 heterocycles. The van der Waals surface area contributed by atoms with Crippen LogP contribution >= 0.6 is 15.9 Å². The average molecular weight is 323 g/mol. The number of aromatic hydroxyl groups is 2. The Morgan fingerprint density at radius 3 is 2.58 bits per heavy atom. The Hall–Kier alpha value is -2.01. The highest BCUT2D eigenvalue weighted by Gasteiger charge is 2.13. The van der Waals surface area contributed by atoms with E-state index < -0.39 is 5.97 Å². The van der Waals surface area contributed by atoms with Gasteiger partial charge < -0.3 is 14.9 Å². The van der Waals surface area contributed by atoms with Crippen molar-refractivity contribution in [2.45, 2.75) is 6.61 Å². The van der Waals surface area contributed by atoms with Crippen LogP contribution in [0.1, 0.15) is 15.9 Å². The summed E-state index contributed by atoms with van der Waals surface area (Å²) in [6, 6.07) is 11.1. The van der Waals surface area contributed by atoms with E-state index in [-0.39, 0.29) is 23.7 Å². The molecular formula is C14H11BrO4. The summed E-state index contributed by atoms with van der Waals surface area (Å²) in [5.74, 6) is -1.06. The van der Waals surface area contributed by atoms with E-state index in [1.165, 1.54) is 12.1 Å². The van der Waals surface area contributed by atoms with Crippen LogP contribution in [0.25, 0.3) is 0 Å². The van der Waals surface area contributed by atoms with E-state index in [0.717, 1.165) is 16.1 Å². The molecule has 0 saturated carbocycles. The lowest BCUT2D eigenvalue weighted by Gasteiger charge is -2.08. The second-order valence-corrected chi connectivity index (χ2v) is 4.72. The predicted molar refractivity (Wildman–Crippen MR) is 73.0 cm³/mol. The number of rotatable bonds is 3. The Morgan fingerprint density at radius 1 is 1.16 bits per heavy atom. The summed E-state index contributed by atoms with van der Waals surface area (Å²) in [5.41, 5.74) is 0.846. The first-order valence-corrected chi connectivity index (χ1v) is 6.30. The summed E-state index contributed by atoms with van der Waals surface area (Å²) in [7, 11) is 0. The van der Waals surface area contributed by atoms with Gasteiger partial charge in [-0.3, -0.25) is 0 Å². The lowest BCUT2D eigenvalue weighted by molar-refractivity contribution is 0.0468. The second kappa shape index (κ2) is 5.75. The van der Waals surface area contributed by atoms with Gasteiger partial charge >= 0.3 is 5.97 Å². The minimum absolute atomic E-state index is 0.0184. The van der Waals surface area contributed by atoms with Crippen molar-refractivity contribution in [3.05, 3.63) is 58.1 Å². The monoisotopic (exact) mass is 322 g/mol. The second-order valence-electron chi connectivity index (χ2n) is 3.87. The number of ether oxygens (including phenoxy) is 1. The third kappa shape index (κ3) is 3.26. The number of benzene rings is 2. The largest absolute Gasteiger partial charge is 0.508 e. The van der Waals surface area contributed by atoms with Crippen LogP contribution < -0.4 is 0 Å². The molecule has 0 aliphatic heterocycles. The summed E-state index contributed by atoms with van der Waals surface area (Å²) in [6.45, 7) is 0.0978. The Bertz CT molecular complexity index is 610. The van der Waals surface area contributed by atoms with Gasteiger partial charge in [-0.05, 0) is 18.2 Å². The number of carbonyl (C=O) groups excluding carboxylic acids is 1. The molecule has 2 N–H and O–H groups in total. The summed E-state index contributed by atoms with van der Waals surface area (Å²) >= 11 is 3.35. The molecule has 0 fully saturated rings. The first kappa shape index (κ1) is 13.4. The molecule has 0 radical (unpaired) electrons. The maximum atomic E-state index is 11.8. The van der Waals surface area contributed by atoms with Crippen molar-refractivity contribution in [1.82, 2.24) is 0 Å². The van der Waals surface area contributed by atoms with Gasteiger partial charge in [-0.25, -0.2) is 4.79 Å². The Morgan fingerprint density at radius 2 is 1.89 bits per heavy atom. The molecule has 2 rings (SSSR count). The van der Waals surface area contributed by atoms with Crippen molar-refractivity contribution in [1.29, 1.82) is 0 Å². The summed E-state index contributed by atoms with van der Waals surface area (Å²) in [4.78, 5) is 11.8. The molecule has 0 bridgehead atoms. The molecule has 19 heavy (non-hydrogen) atoms. The number of carbonyl (C=O) groups is 1. The van der Waals surface area contributed by atoms with E-state index in [4.69, 9.17) is 9.84 Å². The molecule has 98 valence electrons. The maximum absolute atomic E-state index is 11.8. The molecule has 0 amide bonds. The van der Waals surface area contributed by atoms with Crippen LogP contribution in [0.5, 0.6) is 11.5 Å². The molecule has 0 atom stereocenters. The van der Waals surface area contributed by atoms with Crippen LogP contribution in [0.2, 0.25) is 0 Å². The SMILES string of the molecule is O=C(OCc1ccccc1Br)c1ccc(O)cc1O. The highest BCUT2D eigenvalue weighted by molar-refractivity contribution is 9.10. The Kier molecular flexibility index (Phi) is 4.06. The normalized spacial score (nSPS) is 10.2. The van der Waals surface area contributed by atoms with Crippen LogP contribution in [0.3, 0.4) is 0 Å². The van der Waals surface area contributed by atoms with Crippen molar-refractivity contribution in [2.24, 2.45) is 0 Å². The minimum atomic E-state index is -0.645. The first-order chi connectivity index (χ1) is 9.08. The van der Waals surface area contributed by atoms with Gasteiger partial charge in [0.05, 0.1) is 0 Å². The van der Waals surface area contributed by atoms with Gasteiger partial charge in [-0.15, -0.1) is 0 Å². The zero-order chi connectivity index (χ0) is 13.8. The standard InChI is InChI=1S/C14H11BrO4/c15-12-4-2-1-3-9(12)8-19-14(18)11-6-5-10(16)7-13(11)17/h1-7,16-17H,8H2. The molecule has 2 aromatic rings. The maximum Gasteiger partial charge on any atom is 0.342 e. The Labute approximate surface area is 118 Å². The quantitative estimate of drug-likeness (QED) is 0.851. The third-order valence-electron chi connectivity index (χ3n) is 2.52. The van der Waals surface area contributed by atoms with E-state index in [9.17, 15) is 9.90 Å². The van der Waals surface area contributed by atoms with Crippen molar-refractivity contribution in [3.63, 3.8) is 0 Å². The third-order valence-corrected chi connectivity index (χ3v) is 3.29. The predicted octanol–water partition coefficient (Wildman–Crippen LogP) is 3.22. The fraction of sp³-hybridized carbons (Fsp3) is 0.0714. The lowest BCUT2D eigenvalue weighted by Crippen LogP contribution is -2.05. The molecule has 0 saturated heterocycles. The van der Waals surface area contributed by atoms with E-state index >= 15 is 0 Å². The van der Waals surface area contributed by atoms with Gasteiger partial charge in [-0.2, -0.15) is 0 Å². The smallest absolute Gasteiger partial charge is 0.342 e. The zero-order valence-electron chi connectivity index (χ0n) is 9.84. The van der Waals surface area contributed by atoms with Crippen LogP contribution in [0.15, 0.2) is 46.9 Å². The van der Waals surface area contributed by atoms with Crippen molar-refractivity contribution >= 4 is 21.9 Å². The van der Waals surface area contributed by atoms with E-state index in [2.05, 4.69) is 15.9 Å². The van der Waals surface area contributed by atoms with Crippen LogP contribution in [-0.4, -0.2) is 16.2 Å². The molecule has 0 aliphatic rings. The van der Waals surface area contributed by atoms with Gasteiger partial charge in [0.15, 0.2) is 0 Å². The van der Waals surface area contributed by atoms with Crippen LogP contribution in [0.4, 0.5) is 0 Å². The number of hydrogen-bond donors (Lipinski definition) is 2. The van der Waals surface area contributed by atoms with Gasteiger partial charge in [-0.1, -0.05) is 34.1 Å². The molecule has 0 aromatic heterocycles. The fourth-order valence-corrected chi connectivity index (χ4v) is 1.93. The van der Waals surface area contributed by atoms with Gasteiger partial charge in [0.2, 0.25) is 0 Å². The van der Waals surface area contributed by atoms with Gasteiger partial charge in [0.25, 0.3) is 0 Å². The molecule has 2 aromatic carbocycles. The van der Waals surface area contributed by atoms with E-state index in [1.54, 1.807) is 0 Å². The molecule has 5 heteroatoms. The molecule has 4 nitrogen and oxygen atoms in total. The van der Waals surface area contributed by atoms with E-state index in [0.29, 0.717) is 0 Å². The number of phenolic OH excluding ortho intramolecular Hbond substituents is 2. The van der Waals surface area contributed by atoms with Gasteiger partial charge in [0, 0.05) is 16.1 Å². The molecule has 0 aliphatic carbocycles. The summed E-state index contributed by atoms with van der Waals surface area (Å²) in [6.07, 6.45) is 0. The van der Waals surface area contributed by atoms with Crippen LogP contribution in [0, 0.1) is 0 Å². The van der Waals surface area contributed by atoms with E-state index in [1.807, 2.05) is 24.3 Å². The molecule has 0 unspecified atom stereocenters. The van der Waals surface area contributed by atoms with Crippen molar-refractivity contribution in [3.8, 4) is 11.5 Å². The van der Waals surface area contributed by atoms with Gasteiger partial charge in [0.1, 0.15) is 23.7 Å². The van der Waals surface area contributed by atoms with Crippen LogP contribution in [-0.2, 0) is 11.3 Å². The first-order valence-electron chi connectivity index (χ1n) is 5.50. The lowest BCUT2D eigenvalue weighted by atomic mass is 10.2. The minimum Gasteiger partial charge on any atom is -0.508 e. The number of halogens is 1. The molecule has 0 spiro atoms. The van der Waals surface area contributed by atoms with Crippen molar-refractivity contribution in [2.75, 3.05) is 0 Å². The van der Waals surface area contributed by atoms with Crippen molar-refractivity contribution < 1.29 is 19.7 Å². The highest BCUT2D eigenvalue weighted by atomic mass is 79.9. The average Bonchev–Trinajstić information content (AvgIpc) is 2.37. The Balaban J connectivity index is 2.08. The number of esters is 1. The fourth-order valence-electron chi connectivity index (χ4n) is 1.53. The number of hydrogen-bond acceptors (Lipinski definition) is 4. The number of phenols is 2. The highest BCUT2D eigenvalue weighted by Crippen LogP contribution is 2.24. The zero-order valence-corrected chi connectivity index (χ0v) is 11.4. The summed E-state index contributed by atoms with van der Waals surface area (Å²) < 4.78 is 5.95. The topological polar surface area (TPSA) is 66.8 Å². The molecular weight excluding hydrogens is 312 g/mol. The summed E-state index contributed by atoms with van der Waals surface area (Å²) in [5, 5.41) is 18.7.